The number of amides is 1. The van der Waals surface area contributed by atoms with Crippen LogP contribution in [0.25, 0.3) is 10.9 Å². The Kier molecular flexibility index (Phi) is 8.13. The van der Waals surface area contributed by atoms with E-state index in [1.54, 1.807) is 6.92 Å². The van der Waals surface area contributed by atoms with Gasteiger partial charge in [-0.15, -0.1) is 12.4 Å². The predicted molar refractivity (Wildman–Crippen MR) is 109 cm³/mol. The van der Waals surface area contributed by atoms with Gasteiger partial charge in [0.2, 0.25) is 5.91 Å². The topological polar surface area (TPSA) is 72.4 Å². The molecule has 0 radical (unpaired) electrons. The Bertz CT molecular complexity index is 769. The Morgan fingerprint density at radius 3 is 2.78 bits per heavy atom. The normalized spacial score (nSPS) is 14.6. The number of carbonyl (C=O) groups excluding carboxylic acids is 2. The van der Waals surface area contributed by atoms with Crippen LogP contribution in [0, 0.1) is 5.92 Å². The van der Waals surface area contributed by atoms with Crippen LogP contribution >= 0.6 is 12.4 Å². The summed E-state index contributed by atoms with van der Waals surface area (Å²) in [5.74, 6) is 0.468. The molecule has 0 atom stereocenters. The second kappa shape index (κ2) is 10.3. The van der Waals surface area contributed by atoms with Gasteiger partial charge in [0.1, 0.15) is 6.54 Å². The average Bonchev–Trinajstić information content (AvgIpc) is 3.03. The van der Waals surface area contributed by atoms with Crippen molar-refractivity contribution in [1.29, 1.82) is 0 Å². The zero-order valence-corrected chi connectivity index (χ0v) is 16.5. The molecule has 2 aromatic rings. The fourth-order valence-electron chi connectivity index (χ4n) is 3.49. The van der Waals surface area contributed by atoms with Crippen molar-refractivity contribution >= 4 is 40.9 Å². The molecule has 1 aliphatic rings. The van der Waals surface area contributed by atoms with Crippen molar-refractivity contribution in [2.75, 3.05) is 25.0 Å². The van der Waals surface area contributed by atoms with Crippen LogP contribution < -0.4 is 10.6 Å². The molecule has 27 heavy (non-hydrogen) atoms. The number of carbonyl (C=O) groups is 2. The van der Waals surface area contributed by atoms with Crippen LogP contribution in [0.4, 0.5) is 5.69 Å². The van der Waals surface area contributed by atoms with Gasteiger partial charge in [0.25, 0.3) is 0 Å². The molecule has 1 aromatic carbocycles. The number of piperidine rings is 1. The van der Waals surface area contributed by atoms with E-state index in [0.717, 1.165) is 48.9 Å². The molecule has 0 spiro atoms. The first-order valence-electron chi connectivity index (χ1n) is 9.41. The van der Waals surface area contributed by atoms with Gasteiger partial charge in [-0.25, -0.2) is 0 Å². The van der Waals surface area contributed by atoms with Crippen molar-refractivity contribution in [3.05, 3.63) is 30.5 Å². The molecule has 1 fully saturated rings. The number of rotatable bonds is 7. The molecule has 6 nitrogen and oxygen atoms in total. The summed E-state index contributed by atoms with van der Waals surface area (Å²) in [6, 6.07) is 7.70. The van der Waals surface area contributed by atoms with Gasteiger partial charge in [-0.2, -0.15) is 0 Å². The van der Waals surface area contributed by atoms with Crippen molar-refractivity contribution in [3.8, 4) is 0 Å². The summed E-state index contributed by atoms with van der Waals surface area (Å²) in [5, 5.41) is 7.33. The highest BCUT2D eigenvalue weighted by molar-refractivity contribution is 5.94. The molecule has 1 aromatic heterocycles. The summed E-state index contributed by atoms with van der Waals surface area (Å²) in [7, 11) is 0. The molecule has 0 bridgehead atoms. The molecule has 0 aliphatic carbocycles. The first kappa shape index (κ1) is 21.3. The minimum absolute atomic E-state index is 0. The lowest BCUT2D eigenvalue weighted by atomic mass is 9.93. The number of nitrogens with one attached hydrogen (secondary N) is 2. The van der Waals surface area contributed by atoms with Crippen molar-refractivity contribution in [2.45, 2.75) is 39.2 Å². The van der Waals surface area contributed by atoms with Gasteiger partial charge >= 0.3 is 5.97 Å². The first-order valence-corrected chi connectivity index (χ1v) is 9.41. The fraction of sp³-hybridized carbons (Fsp3) is 0.500. The fourth-order valence-corrected chi connectivity index (χ4v) is 3.49. The molecule has 2 heterocycles. The molecule has 1 saturated heterocycles. The summed E-state index contributed by atoms with van der Waals surface area (Å²) < 4.78 is 6.85. The highest BCUT2D eigenvalue weighted by Crippen LogP contribution is 2.22. The smallest absolute Gasteiger partial charge is 0.325 e. The zero-order chi connectivity index (χ0) is 18.4. The Balaban J connectivity index is 0.00000261. The molecule has 0 saturated carbocycles. The number of nitrogens with zero attached hydrogens (tertiary/aromatic N) is 1. The van der Waals surface area contributed by atoms with E-state index < -0.39 is 0 Å². The Morgan fingerprint density at radius 2 is 2.04 bits per heavy atom. The number of benzene rings is 1. The molecule has 148 valence electrons. The zero-order valence-electron chi connectivity index (χ0n) is 15.7. The SMILES string of the molecule is CCOC(=O)Cn1ccc2cc(NC(=O)CCC3CCNCC3)ccc21.Cl. The molecule has 0 unspecified atom stereocenters. The van der Waals surface area contributed by atoms with Crippen LogP contribution in [-0.4, -0.2) is 36.1 Å². The summed E-state index contributed by atoms with van der Waals surface area (Å²) in [4.78, 5) is 23.9. The van der Waals surface area contributed by atoms with Crippen LogP contribution in [0.5, 0.6) is 0 Å². The van der Waals surface area contributed by atoms with Gasteiger partial charge in [-0.3, -0.25) is 9.59 Å². The van der Waals surface area contributed by atoms with E-state index in [9.17, 15) is 9.59 Å². The van der Waals surface area contributed by atoms with E-state index in [1.165, 1.54) is 0 Å². The number of esters is 1. The maximum absolute atomic E-state index is 12.2. The van der Waals surface area contributed by atoms with Crippen LogP contribution in [0.15, 0.2) is 30.5 Å². The minimum Gasteiger partial charge on any atom is -0.465 e. The number of hydrogen-bond donors (Lipinski definition) is 2. The monoisotopic (exact) mass is 393 g/mol. The second-order valence-corrected chi connectivity index (χ2v) is 6.80. The lowest BCUT2D eigenvalue weighted by molar-refractivity contribution is -0.143. The predicted octanol–water partition coefficient (Wildman–Crippen LogP) is 3.34. The second-order valence-electron chi connectivity index (χ2n) is 6.80. The number of ether oxygens (including phenoxy) is 1. The van der Waals surface area contributed by atoms with E-state index in [1.807, 2.05) is 35.0 Å². The number of halogens is 1. The van der Waals surface area contributed by atoms with Crippen LogP contribution in [0.3, 0.4) is 0 Å². The van der Waals surface area contributed by atoms with Gasteiger partial charge in [0, 0.05) is 29.2 Å². The van der Waals surface area contributed by atoms with Crippen molar-refractivity contribution in [2.24, 2.45) is 5.92 Å². The van der Waals surface area contributed by atoms with Gasteiger partial charge in [-0.05, 0) is 69.5 Å². The van der Waals surface area contributed by atoms with Crippen LogP contribution in [0.1, 0.15) is 32.6 Å². The Labute approximate surface area is 166 Å². The summed E-state index contributed by atoms with van der Waals surface area (Å²) in [5.41, 5.74) is 1.74. The van der Waals surface area contributed by atoms with E-state index in [2.05, 4.69) is 10.6 Å². The van der Waals surface area contributed by atoms with E-state index in [4.69, 9.17) is 4.74 Å². The standard InChI is InChI=1S/C20H27N3O3.ClH/c1-2-26-20(25)14-23-12-9-16-13-17(4-5-18(16)23)22-19(24)6-3-15-7-10-21-11-8-15;/h4-5,9,12-13,15,21H,2-3,6-8,10-11,14H2,1H3,(H,22,24);1H. The molecular weight excluding hydrogens is 366 g/mol. The Morgan fingerprint density at radius 1 is 1.26 bits per heavy atom. The molecule has 7 heteroatoms. The van der Waals surface area contributed by atoms with Crippen molar-refractivity contribution in [1.82, 2.24) is 9.88 Å². The Hall–Kier alpha value is -2.05. The quantitative estimate of drug-likeness (QED) is 0.707. The third kappa shape index (κ3) is 5.97. The maximum Gasteiger partial charge on any atom is 0.325 e. The third-order valence-electron chi connectivity index (χ3n) is 4.90. The lowest BCUT2D eigenvalue weighted by Crippen LogP contribution is -2.28. The lowest BCUT2D eigenvalue weighted by Gasteiger charge is -2.22. The highest BCUT2D eigenvalue weighted by Gasteiger charge is 2.15. The van der Waals surface area contributed by atoms with Crippen LogP contribution in [-0.2, 0) is 20.9 Å². The number of aromatic nitrogens is 1. The largest absolute Gasteiger partial charge is 0.465 e. The van der Waals surface area contributed by atoms with E-state index >= 15 is 0 Å². The van der Waals surface area contributed by atoms with Crippen molar-refractivity contribution in [3.63, 3.8) is 0 Å². The average molecular weight is 394 g/mol. The number of anilines is 1. The molecule has 1 amide bonds. The highest BCUT2D eigenvalue weighted by atomic mass is 35.5. The van der Waals surface area contributed by atoms with Gasteiger partial charge in [0.05, 0.1) is 6.61 Å². The van der Waals surface area contributed by atoms with Crippen molar-refractivity contribution < 1.29 is 14.3 Å². The minimum atomic E-state index is -0.250. The van der Waals surface area contributed by atoms with E-state index in [-0.39, 0.29) is 30.8 Å². The van der Waals surface area contributed by atoms with Gasteiger partial charge in [-0.1, -0.05) is 0 Å². The molecule has 3 rings (SSSR count). The number of fused-ring (bicyclic) bond motifs is 1. The summed E-state index contributed by atoms with van der Waals surface area (Å²) in [6.45, 7) is 4.49. The third-order valence-corrected chi connectivity index (χ3v) is 4.90. The van der Waals surface area contributed by atoms with Crippen LogP contribution in [0.2, 0.25) is 0 Å². The summed E-state index contributed by atoms with van der Waals surface area (Å²) >= 11 is 0. The summed E-state index contributed by atoms with van der Waals surface area (Å²) in [6.07, 6.45) is 5.70. The number of hydrogen-bond acceptors (Lipinski definition) is 4. The first-order chi connectivity index (χ1) is 12.7. The van der Waals surface area contributed by atoms with E-state index in [0.29, 0.717) is 18.9 Å². The maximum atomic E-state index is 12.2. The molecule has 2 N–H and O–H groups in total. The van der Waals surface area contributed by atoms with Gasteiger partial charge in [0.15, 0.2) is 0 Å². The van der Waals surface area contributed by atoms with Gasteiger partial charge < -0.3 is 19.9 Å². The molecular formula is C20H28ClN3O3. The molecule has 1 aliphatic heterocycles.